The number of aromatic nitrogens is 6. The molecule has 0 amide bonds. The molecule has 0 saturated carbocycles. The lowest BCUT2D eigenvalue weighted by Crippen LogP contribution is -2.09. The van der Waals surface area contributed by atoms with Crippen LogP contribution in [0.2, 0.25) is 5.15 Å². The first-order chi connectivity index (χ1) is 16.2. The molecule has 0 spiro atoms. The third-order valence-electron chi connectivity index (χ3n) is 4.32. The normalized spacial score (nSPS) is 11.6. The van der Waals surface area contributed by atoms with E-state index in [1.165, 1.54) is 24.4 Å². The van der Waals surface area contributed by atoms with Gasteiger partial charge in [-0.2, -0.15) is 23.1 Å². The molecular formula is C21H13ClF5N7. The first-order valence-electron chi connectivity index (χ1n) is 9.60. The van der Waals surface area contributed by atoms with Crippen LogP contribution < -0.4 is 5.32 Å². The van der Waals surface area contributed by atoms with E-state index in [1.54, 1.807) is 18.2 Å². The molecule has 4 aromatic rings. The molecule has 174 valence electrons. The van der Waals surface area contributed by atoms with E-state index in [9.17, 15) is 22.0 Å². The molecule has 1 N–H and O–H groups in total. The van der Waals surface area contributed by atoms with Crippen molar-refractivity contribution in [3.05, 3.63) is 71.4 Å². The third-order valence-corrected chi connectivity index (χ3v) is 4.53. The van der Waals surface area contributed by atoms with E-state index in [4.69, 9.17) is 11.6 Å². The first-order valence-corrected chi connectivity index (χ1v) is 9.98. The average molecular weight is 494 g/mol. The summed E-state index contributed by atoms with van der Waals surface area (Å²) in [4.78, 5) is 24.2. The minimum Gasteiger partial charge on any atom is -0.324 e. The van der Waals surface area contributed by atoms with Gasteiger partial charge in [-0.05, 0) is 36.4 Å². The second kappa shape index (κ2) is 9.59. The molecule has 0 fully saturated rings. The highest BCUT2D eigenvalue weighted by atomic mass is 35.5. The van der Waals surface area contributed by atoms with Gasteiger partial charge in [0.1, 0.15) is 16.5 Å². The molecule has 0 aromatic carbocycles. The number of hydrogen-bond acceptors (Lipinski definition) is 7. The summed E-state index contributed by atoms with van der Waals surface area (Å²) < 4.78 is 64.7. The lowest BCUT2D eigenvalue weighted by atomic mass is 10.2. The van der Waals surface area contributed by atoms with Crippen LogP contribution >= 0.6 is 11.6 Å². The van der Waals surface area contributed by atoms with Gasteiger partial charge in [0, 0.05) is 29.3 Å². The third kappa shape index (κ3) is 5.76. The zero-order chi connectivity index (χ0) is 24.3. The smallest absolute Gasteiger partial charge is 0.324 e. The molecule has 4 rings (SSSR count). The number of halogens is 6. The zero-order valence-corrected chi connectivity index (χ0v) is 17.7. The molecule has 0 aliphatic heterocycles. The fourth-order valence-corrected chi connectivity index (χ4v) is 3.05. The van der Waals surface area contributed by atoms with Crippen LogP contribution in [0, 0.1) is 0 Å². The van der Waals surface area contributed by atoms with Crippen LogP contribution in [-0.2, 0) is 12.6 Å². The van der Waals surface area contributed by atoms with Crippen molar-refractivity contribution in [2.24, 2.45) is 0 Å². The maximum atomic E-state index is 13.0. The number of hydrogen-bond donors (Lipinski definition) is 1. The van der Waals surface area contributed by atoms with Crippen molar-refractivity contribution in [2.45, 2.75) is 19.0 Å². The van der Waals surface area contributed by atoms with Crippen molar-refractivity contribution < 1.29 is 22.0 Å². The largest absolute Gasteiger partial charge is 0.433 e. The molecular weight excluding hydrogens is 481 g/mol. The van der Waals surface area contributed by atoms with Crippen molar-refractivity contribution in [3.8, 4) is 22.9 Å². The Balaban J connectivity index is 1.79. The van der Waals surface area contributed by atoms with Crippen LogP contribution in [0.1, 0.15) is 11.4 Å². The van der Waals surface area contributed by atoms with Gasteiger partial charge in [0.25, 0.3) is 0 Å². The van der Waals surface area contributed by atoms with Gasteiger partial charge in [-0.15, -0.1) is 0 Å². The molecule has 0 bridgehead atoms. The van der Waals surface area contributed by atoms with Crippen LogP contribution in [0.4, 0.5) is 33.6 Å². The van der Waals surface area contributed by atoms with Crippen molar-refractivity contribution in [1.82, 2.24) is 29.9 Å². The maximum Gasteiger partial charge on any atom is 0.433 e. The Morgan fingerprint density at radius 3 is 2.38 bits per heavy atom. The van der Waals surface area contributed by atoms with Crippen molar-refractivity contribution in [3.63, 3.8) is 0 Å². The number of anilines is 2. The number of alkyl halides is 5. The van der Waals surface area contributed by atoms with Gasteiger partial charge in [0.2, 0.25) is 12.4 Å². The predicted octanol–water partition coefficient (Wildman–Crippen LogP) is 5.61. The van der Waals surface area contributed by atoms with E-state index in [1.807, 2.05) is 0 Å². The van der Waals surface area contributed by atoms with Gasteiger partial charge >= 0.3 is 6.18 Å². The second-order valence-electron chi connectivity index (χ2n) is 6.84. The van der Waals surface area contributed by atoms with Gasteiger partial charge in [0.05, 0.1) is 6.42 Å². The molecule has 4 aromatic heterocycles. The number of pyridine rings is 3. The van der Waals surface area contributed by atoms with Crippen LogP contribution in [-0.4, -0.2) is 36.3 Å². The van der Waals surface area contributed by atoms with E-state index in [2.05, 4.69) is 35.2 Å². The van der Waals surface area contributed by atoms with Crippen molar-refractivity contribution in [2.75, 3.05) is 5.32 Å². The van der Waals surface area contributed by atoms with Gasteiger partial charge < -0.3 is 5.32 Å². The highest BCUT2D eigenvalue weighted by molar-refractivity contribution is 6.29. The van der Waals surface area contributed by atoms with Crippen molar-refractivity contribution >= 4 is 23.2 Å². The summed E-state index contributed by atoms with van der Waals surface area (Å²) in [6.45, 7) is 0. The Morgan fingerprint density at radius 1 is 0.882 bits per heavy atom. The van der Waals surface area contributed by atoms with E-state index in [-0.39, 0.29) is 39.8 Å². The molecule has 0 radical (unpaired) electrons. The Kier molecular flexibility index (Phi) is 6.59. The molecule has 34 heavy (non-hydrogen) atoms. The SMILES string of the molecule is FC(F)Cc1cc(-c2nc(Nc3ccnc(C(F)(F)F)c3)nc(-c3cccc(Cl)n3)n2)ccn1. The topological polar surface area (TPSA) is 89.4 Å². The van der Waals surface area contributed by atoms with Crippen LogP contribution in [0.25, 0.3) is 22.9 Å². The number of nitrogens with one attached hydrogen (secondary N) is 1. The summed E-state index contributed by atoms with van der Waals surface area (Å²) in [5.41, 5.74) is -0.336. The van der Waals surface area contributed by atoms with E-state index in [0.29, 0.717) is 5.56 Å². The highest BCUT2D eigenvalue weighted by Crippen LogP contribution is 2.30. The molecule has 4 heterocycles. The van der Waals surface area contributed by atoms with Gasteiger partial charge in [-0.25, -0.2) is 18.7 Å². The number of nitrogens with zero attached hydrogens (tertiary/aromatic N) is 6. The standard InChI is InChI=1S/C21H13ClF5N7/c22-16-3-1-2-14(31-16)19-32-18(11-4-6-28-13(8-11)10-17(23)24)33-20(34-19)30-12-5-7-29-15(9-12)21(25,26)27/h1-9,17H,10H2,(H,29,30,32,33,34). The van der Waals surface area contributed by atoms with E-state index >= 15 is 0 Å². The Hall–Kier alpha value is -3.80. The second-order valence-corrected chi connectivity index (χ2v) is 7.22. The molecule has 13 heteroatoms. The highest BCUT2D eigenvalue weighted by Gasteiger charge is 2.32. The monoisotopic (exact) mass is 493 g/mol. The van der Waals surface area contributed by atoms with Gasteiger partial charge in [-0.1, -0.05) is 17.7 Å². The molecule has 0 atom stereocenters. The Bertz CT molecular complexity index is 1320. The summed E-state index contributed by atoms with van der Waals surface area (Å²) in [7, 11) is 0. The first kappa shape index (κ1) is 23.4. The minimum atomic E-state index is -4.64. The Morgan fingerprint density at radius 2 is 1.65 bits per heavy atom. The maximum absolute atomic E-state index is 13.0. The molecule has 0 saturated heterocycles. The lowest BCUT2D eigenvalue weighted by molar-refractivity contribution is -0.141. The fraction of sp³-hybridized carbons (Fsp3) is 0.143. The Labute approximate surface area is 194 Å². The van der Waals surface area contributed by atoms with Gasteiger partial charge in [-0.3, -0.25) is 9.97 Å². The van der Waals surface area contributed by atoms with Gasteiger partial charge in [0.15, 0.2) is 11.6 Å². The van der Waals surface area contributed by atoms with Crippen molar-refractivity contribution in [1.29, 1.82) is 0 Å². The quantitative estimate of drug-likeness (QED) is 0.275. The van der Waals surface area contributed by atoms with Crippen LogP contribution in [0.15, 0.2) is 54.9 Å². The summed E-state index contributed by atoms with van der Waals surface area (Å²) >= 11 is 5.96. The molecule has 0 unspecified atom stereocenters. The average Bonchev–Trinajstić information content (AvgIpc) is 2.78. The summed E-state index contributed by atoms with van der Waals surface area (Å²) in [6.07, 6.45) is -5.48. The van der Waals surface area contributed by atoms with Crippen LogP contribution in [0.5, 0.6) is 0 Å². The summed E-state index contributed by atoms with van der Waals surface area (Å²) in [6, 6.07) is 9.76. The number of rotatable bonds is 6. The minimum absolute atomic E-state index is 0.0256. The predicted molar refractivity (Wildman–Crippen MR) is 114 cm³/mol. The summed E-state index contributed by atoms with van der Waals surface area (Å²) in [5, 5.41) is 2.87. The summed E-state index contributed by atoms with van der Waals surface area (Å²) in [5.74, 6) is 0.0259. The molecule has 7 nitrogen and oxygen atoms in total. The molecule has 0 aliphatic rings. The molecule has 0 aliphatic carbocycles. The zero-order valence-electron chi connectivity index (χ0n) is 16.9. The van der Waals surface area contributed by atoms with E-state index < -0.39 is 24.7 Å². The fourth-order valence-electron chi connectivity index (χ4n) is 2.89. The lowest BCUT2D eigenvalue weighted by Gasteiger charge is -2.11. The van der Waals surface area contributed by atoms with Crippen LogP contribution in [0.3, 0.4) is 0 Å². The van der Waals surface area contributed by atoms with E-state index in [0.717, 1.165) is 12.3 Å².